The highest BCUT2D eigenvalue weighted by atomic mass is 16.5. The Kier molecular flexibility index (Phi) is 5.33. The molecule has 1 saturated heterocycles. The predicted molar refractivity (Wildman–Crippen MR) is 108 cm³/mol. The summed E-state index contributed by atoms with van der Waals surface area (Å²) >= 11 is 0. The van der Waals surface area contributed by atoms with Crippen LogP contribution in [0.5, 0.6) is 5.75 Å². The summed E-state index contributed by atoms with van der Waals surface area (Å²) in [4.78, 5) is 28.5. The molecule has 2 aromatic rings. The van der Waals surface area contributed by atoms with Crippen LogP contribution in [0.2, 0.25) is 0 Å². The Hall–Kier alpha value is -2.82. The molecule has 0 radical (unpaired) electrons. The van der Waals surface area contributed by atoms with Gasteiger partial charge in [-0.1, -0.05) is 43.2 Å². The number of nitrogens with one attached hydrogen (secondary N) is 1. The lowest BCUT2D eigenvalue weighted by Crippen LogP contribution is -2.47. The lowest BCUT2D eigenvalue weighted by Gasteiger charge is -2.34. The second kappa shape index (κ2) is 8.05. The van der Waals surface area contributed by atoms with Crippen molar-refractivity contribution in [3.63, 3.8) is 0 Å². The molecule has 28 heavy (non-hydrogen) atoms. The van der Waals surface area contributed by atoms with Crippen molar-refractivity contribution in [1.29, 1.82) is 0 Å². The molecule has 2 amide bonds. The maximum Gasteiger partial charge on any atom is 0.258 e. The minimum Gasteiger partial charge on any atom is -0.496 e. The Morgan fingerprint density at radius 1 is 1.00 bits per heavy atom. The topological polar surface area (TPSA) is 58.6 Å². The minimum absolute atomic E-state index is 0.108. The normalized spacial score (nSPS) is 23.8. The van der Waals surface area contributed by atoms with Crippen molar-refractivity contribution in [2.75, 3.05) is 12.4 Å². The highest BCUT2D eigenvalue weighted by molar-refractivity contribution is 6.03. The van der Waals surface area contributed by atoms with Gasteiger partial charge in [0.1, 0.15) is 11.8 Å². The van der Waals surface area contributed by atoms with E-state index in [-0.39, 0.29) is 17.9 Å². The van der Waals surface area contributed by atoms with Gasteiger partial charge in [-0.3, -0.25) is 9.59 Å². The molecule has 2 aromatic carbocycles. The molecule has 3 unspecified atom stereocenters. The van der Waals surface area contributed by atoms with Crippen LogP contribution in [0.3, 0.4) is 0 Å². The molecule has 0 bridgehead atoms. The molecular formula is C23H26N2O3. The van der Waals surface area contributed by atoms with Gasteiger partial charge in [0, 0.05) is 11.7 Å². The first-order valence-electron chi connectivity index (χ1n) is 10.0. The van der Waals surface area contributed by atoms with Crippen molar-refractivity contribution in [2.45, 2.75) is 44.2 Å². The van der Waals surface area contributed by atoms with E-state index in [4.69, 9.17) is 4.74 Å². The average Bonchev–Trinajstić information content (AvgIpc) is 3.13. The van der Waals surface area contributed by atoms with E-state index in [1.54, 1.807) is 19.2 Å². The van der Waals surface area contributed by atoms with Gasteiger partial charge in [-0.05, 0) is 49.4 Å². The third-order valence-corrected chi connectivity index (χ3v) is 6.00. The first-order chi connectivity index (χ1) is 13.7. The molecule has 3 atom stereocenters. The van der Waals surface area contributed by atoms with Gasteiger partial charge in [-0.2, -0.15) is 0 Å². The third-order valence-electron chi connectivity index (χ3n) is 6.00. The summed E-state index contributed by atoms with van der Waals surface area (Å²) < 4.78 is 5.41. The lowest BCUT2D eigenvalue weighted by atomic mass is 9.84. The number of carbonyl (C=O) groups is 2. The van der Waals surface area contributed by atoms with Crippen molar-refractivity contribution in [3.8, 4) is 5.75 Å². The molecule has 0 spiro atoms. The van der Waals surface area contributed by atoms with Gasteiger partial charge in [0.2, 0.25) is 5.91 Å². The second-order valence-electron chi connectivity index (χ2n) is 7.63. The summed E-state index contributed by atoms with van der Waals surface area (Å²) in [6, 6.07) is 16.4. The van der Waals surface area contributed by atoms with Crippen molar-refractivity contribution in [1.82, 2.24) is 4.90 Å². The molecule has 2 aliphatic rings. The van der Waals surface area contributed by atoms with E-state index in [0.29, 0.717) is 17.2 Å². The number of ether oxygens (including phenoxy) is 1. The number of amides is 2. The largest absolute Gasteiger partial charge is 0.496 e. The van der Waals surface area contributed by atoms with Gasteiger partial charge >= 0.3 is 0 Å². The minimum atomic E-state index is -0.453. The Labute approximate surface area is 165 Å². The molecule has 1 saturated carbocycles. The fraction of sp³-hybridized carbons (Fsp3) is 0.391. The number of benzene rings is 2. The molecule has 1 aliphatic carbocycles. The Balaban J connectivity index is 1.64. The summed E-state index contributed by atoms with van der Waals surface area (Å²) in [5, 5.41) is 2.99. The number of fused-ring (bicyclic) bond motifs is 1. The van der Waals surface area contributed by atoms with Crippen LogP contribution < -0.4 is 10.1 Å². The summed E-state index contributed by atoms with van der Waals surface area (Å²) in [6.45, 7) is 0. The highest BCUT2D eigenvalue weighted by Crippen LogP contribution is 2.41. The number of hydrogen-bond acceptors (Lipinski definition) is 3. The monoisotopic (exact) mass is 378 g/mol. The van der Waals surface area contributed by atoms with Gasteiger partial charge in [0.25, 0.3) is 5.91 Å². The maximum atomic E-state index is 13.5. The third kappa shape index (κ3) is 3.49. The van der Waals surface area contributed by atoms with Gasteiger partial charge in [-0.15, -0.1) is 0 Å². The van der Waals surface area contributed by atoms with E-state index in [2.05, 4.69) is 5.32 Å². The Bertz CT molecular complexity index is 852. The number of likely N-dealkylation sites (tertiary alicyclic amines) is 1. The molecular weight excluding hydrogens is 352 g/mol. The number of hydrogen-bond donors (Lipinski definition) is 1. The fourth-order valence-corrected chi connectivity index (χ4v) is 4.69. The standard InChI is InChI=1S/C23H26N2O3/c1-28-21-14-8-6-12-18(21)23(27)25-19-13-7-5-9-16(19)15-20(25)22(26)24-17-10-3-2-4-11-17/h2-4,6,8,10-12,14,16,19-20H,5,7,9,13,15H2,1H3,(H,24,26). The predicted octanol–water partition coefficient (Wildman–Crippen LogP) is 4.11. The van der Waals surface area contributed by atoms with Crippen LogP contribution in [-0.2, 0) is 4.79 Å². The Morgan fingerprint density at radius 2 is 1.71 bits per heavy atom. The van der Waals surface area contributed by atoms with E-state index in [9.17, 15) is 9.59 Å². The van der Waals surface area contributed by atoms with Crippen molar-refractivity contribution < 1.29 is 14.3 Å². The van der Waals surface area contributed by atoms with Gasteiger partial charge in [-0.25, -0.2) is 0 Å². The van der Waals surface area contributed by atoms with Crippen molar-refractivity contribution in [2.24, 2.45) is 5.92 Å². The average molecular weight is 378 g/mol. The van der Waals surface area contributed by atoms with Crippen LogP contribution in [-0.4, -0.2) is 35.9 Å². The molecule has 2 fully saturated rings. The van der Waals surface area contributed by atoms with E-state index < -0.39 is 6.04 Å². The van der Waals surface area contributed by atoms with Gasteiger partial charge in [0.05, 0.1) is 12.7 Å². The fourth-order valence-electron chi connectivity index (χ4n) is 4.69. The van der Waals surface area contributed by atoms with Gasteiger partial charge in [0.15, 0.2) is 0 Å². The van der Waals surface area contributed by atoms with Crippen LogP contribution in [0.1, 0.15) is 42.5 Å². The van der Waals surface area contributed by atoms with Crippen LogP contribution >= 0.6 is 0 Å². The molecule has 5 nitrogen and oxygen atoms in total. The molecule has 5 heteroatoms. The molecule has 4 rings (SSSR count). The van der Waals surface area contributed by atoms with Gasteiger partial charge < -0.3 is 15.0 Å². The molecule has 1 aliphatic heterocycles. The van der Waals surface area contributed by atoms with Crippen molar-refractivity contribution in [3.05, 3.63) is 60.2 Å². The number of methoxy groups -OCH3 is 1. The number of carbonyl (C=O) groups excluding carboxylic acids is 2. The molecule has 1 N–H and O–H groups in total. The quantitative estimate of drug-likeness (QED) is 0.871. The molecule has 0 aromatic heterocycles. The van der Waals surface area contributed by atoms with E-state index in [0.717, 1.165) is 31.4 Å². The van der Waals surface area contributed by atoms with Crippen LogP contribution in [0.15, 0.2) is 54.6 Å². The summed E-state index contributed by atoms with van der Waals surface area (Å²) in [5.41, 5.74) is 1.28. The number of rotatable bonds is 4. The lowest BCUT2D eigenvalue weighted by molar-refractivity contribution is -0.120. The zero-order valence-corrected chi connectivity index (χ0v) is 16.1. The van der Waals surface area contributed by atoms with E-state index in [1.165, 1.54) is 6.42 Å². The van der Waals surface area contributed by atoms with Crippen molar-refractivity contribution >= 4 is 17.5 Å². The highest BCUT2D eigenvalue weighted by Gasteiger charge is 2.47. The first kappa shape index (κ1) is 18.5. The van der Waals surface area contributed by atoms with Crippen LogP contribution in [0.25, 0.3) is 0 Å². The first-order valence-corrected chi connectivity index (χ1v) is 10.0. The van der Waals surface area contributed by atoms with E-state index >= 15 is 0 Å². The van der Waals surface area contributed by atoms with Crippen LogP contribution in [0, 0.1) is 5.92 Å². The SMILES string of the molecule is COc1ccccc1C(=O)N1C(C(=O)Nc2ccccc2)CC2CCCCC21. The van der Waals surface area contributed by atoms with Crippen LogP contribution in [0.4, 0.5) is 5.69 Å². The number of nitrogens with zero attached hydrogens (tertiary/aromatic N) is 1. The second-order valence-corrected chi connectivity index (χ2v) is 7.63. The zero-order valence-electron chi connectivity index (χ0n) is 16.1. The Morgan fingerprint density at radius 3 is 2.50 bits per heavy atom. The summed E-state index contributed by atoms with van der Waals surface area (Å²) in [7, 11) is 1.57. The summed E-state index contributed by atoms with van der Waals surface area (Å²) in [5.74, 6) is 0.719. The summed E-state index contributed by atoms with van der Waals surface area (Å²) in [6.07, 6.45) is 5.04. The molecule has 146 valence electrons. The molecule has 1 heterocycles. The zero-order chi connectivity index (χ0) is 19.5. The maximum absolute atomic E-state index is 13.5. The number of para-hydroxylation sites is 2. The van der Waals surface area contributed by atoms with E-state index in [1.807, 2.05) is 47.4 Å². The smallest absolute Gasteiger partial charge is 0.258 e. The number of anilines is 1.